The van der Waals surface area contributed by atoms with Gasteiger partial charge < -0.3 is 19.7 Å². The van der Waals surface area contributed by atoms with Crippen LogP contribution in [0.2, 0.25) is 0 Å². The second-order valence-electron chi connectivity index (χ2n) is 8.23. The second kappa shape index (κ2) is 6.52. The Balaban J connectivity index is 1.42. The number of nitrogens with one attached hydrogen (secondary N) is 1. The Morgan fingerprint density at radius 2 is 1.73 bits per heavy atom. The number of rotatable bonds is 2. The van der Waals surface area contributed by atoms with Crippen LogP contribution in [0.15, 0.2) is 66.7 Å². The molecule has 1 aliphatic carbocycles. The highest BCUT2D eigenvalue weighted by Crippen LogP contribution is 2.41. The molecule has 0 unspecified atom stereocenters. The van der Waals surface area contributed by atoms with E-state index in [4.69, 9.17) is 9.47 Å². The summed E-state index contributed by atoms with van der Waals surface area (Å²) in [5.41, 5.74) is 4.91. The van der Waals surface area contributed by atoms with E-state index in [1.165, 1.54) is 11.1 Å². The van der Waals surface area contributed by atoms with Crippen molar-refractivity contribution in [2.45, 2.75) is 31.5 Å². The third-order valence-electron chi connectivity index (χ3n) is 6.47. The SMILES string of the molecule is O=C1c2ccccc2N[C@@]2(CCc3ccccc3C2)N1Cc1ccc2c(c1)OCO2. The maximum Gasteiger partial charge on any atom is 0.258 e. The number of amides is 1. The van der Waals surface area contributed by atoms with Crippen molar-refractivity contribution in [3.05, 3.63) is 89.0 Å². The van der Waals surface area contributed by atoms with E-state index in [2.05, 4.69) is 29.6 Å². The lowest BCUT2D eigenvalue weighted by molar-refractivity contribution is 0.0437. The van der Waals surface area contributed by atoms with Gasteiger partial charge in [0.15, 0.2) is 11.5 Å². The fourth-order valence-electron chi connectivity index (χ4n) is 4.94. The Morgan fingerprint density at radius 3 is 2.67 bits per heavy atom. The van der Waals surface area contributed by atoms with E-state index in [0.29, 0.717) is 6.54 Å². The molecule has 6 rings (SSSR count). The van der Waals surface area contributed by atoms with Gasteiger partial charge in [-0.05, 0) is 53.8 Å². The average Bonchev–Trinajstić information content (AvgIpc) is 3.25. The molecule has 1 N–H and O–H groups in total. The zero-order valence-electron chi connectivity index (χ0n) is 16.6. The Labute approximate surface area is 175 Å². The largest absolute Gasteiger partial charge is 0.454 e. The highest BCUT2D eigenvalue weighted by molar-refractivity contribution is 6.02. The summed E-state index contributed by atoms with van der Waals surface area (Å²) < 4.78 is 11.0. The van der Waals surface area contributed by atoms with Crippen molar-refractivity contribution >= 4 is 11.6 Å². The van der Waals surface area contributed by atoms with Gasteiger partial charge >= 0.3 is 0 Å². The van der Waals surface area contributed by atoms with Crippen molar-refractivity contribution < 1.29 is 14.3 Å². The summed E-state index contributed by atoms with van der Waals surface area (Å²) in [6, 6.07) is 22.3. The lowest BCUT2D eigenvalue weighted by atomic mass is 9.80. The third-order valence-corrected chi connectivity index (χ3v) is 6.47. The van der Waals surface area contributed by atoms with Gasteiger partial charge in [0, 0.05) is 18.7 Å². The molecule has 2 heterocycles. The van der Waals surface area contributed by atoms with Crippen molar-refractivity contribution in [3.63, 3.8) is 0 Å². The molecule has 5 nitrogen and oxygen atoms in total. The van der Waals surface area contributed by atoms with Gasteiger partial charge in [-0.2, -0.15) is 0 Å². The van der Waals surface area contributed by atoms with E-state index in [1.54, 1.807) is 0 Å². The molecule has 0 aromatic heterocycles. The molecule has 5 heteroatoms. The van der Waals surface area contributed by atoms with E-state index >= 15 is 0 Å². The molecule has 0 fully saturated rings. The molecule has 0 saturated heterocycles. The number of anilines is 1. The number of carbonyl (C=O) groups is 1. The summed E-state index contributed by atoms with van der Waals surface area (Å²) in [5, 5.41) is 3.76. The molecule has 1 amide bonds. The molecule has 0 radical (unpaired) electrons. The monoisotopic (exact) mass is 398 g/mol. The molecule has 30 heavy (non-hydrogen) atoms. The molecular weight excluding hydrogens is 376 g/mol. The van der Waals surface area contributed by atoms with Crippen LogP contribution in [0.3, 0.4) is 0 Å². The predicted octanol–water partition coefficient (Wildman–Crippen LogP) is 4.37. The van der Waals surface area contributed by atoms with Crippen LogP contribution in [0.25, 0.3) is 0 Å². The lowest BCUT2D eigenvalue weighted by Crippen LogP contribution is -2.62. The van der Waals surface area contributed by atoms with E-state index in [9.17, 15) is 4.79 Å². The van der Waals surface area contributed by atoms with Gasteiger partial charge in [-0.3, -0.25) is 4.79 Å². The molecule has 0 saturated carbocycles. The number of hydrogen-bond acceptors (Lipinski definition) is 4. The average molecular weight is 398 g/mol. The van der Waals surface area contributed by atoms with Crippen LogP contribution in [-0.4, -0.2) is 23.3 Å². The van der Waals surface area contributed by atoms with Gasteiger partial charge in [0.2, 0.25) is 6.79 Å². The molecule has 1 spiro atoms. The van der Waals surface area contributed by atoms with Crippen molar-refractivity contribution in [1.29, 1.82) is 0 Å². The van der Waals surface area contributed by atoms with E-state index in [-0.39, 0.29) is 12.7 Å². The van der Waals surface area contributed by atoms with Crippen LogP contribution in [0.4, 0.5) is 5.69 Å². The fourth-order valence-corrected chi connectivity index (χ4v) is 4.94. The van der Waals surface area contributed by atoms with Gasteiger partial charge in [0.25, 0.3) is 5.91 Å². The lowest BCUT2D eigenvalue weighted by Gasteiger charge is -2.51. The van der Waals surface area contributed by atoms with Crippen LogP contribution in [-0.2, 0) is 19.4 Å². The maximum absolute atomic E-state index is 13.7. The van der Waals surface area contributed by atoms with Gasteiger partial charge in [-0.25, -0.2) is 0 Å². The van der Waals surface area contributed by atoms with Crippen LogP contribution in [0.5, 0.6) is 11.5 Å². The quantitative estimate of drug-likeness (QED) is 0.697. The molecule has 3 aliphatic rings. The van der Waals surface area contributed by atoms with Gasteiger partial charge in [-0.15, -0.1) is 0 Å². The Kier molecular flexibility index (Phi) is 3.78. The first kappa shape index (κ1) is 17.4. The minimum atomic E-state index is -0.448. The second-order valence-corrected chi connectivity index (χ2v) is 8.23. The summed E-state index contributed by atoms with van der Waals surface area (Å²) in [5.74, 6) is 1.57. The number of nitrogens with zero attached hydrogens (tertiary/aromatic N) is 1. The highest BCUT2D eigenvalue weighted by Gasteiger charge is 2.46. The first-order valence-electron chi connectivity index (χ1n) is 10.4. The third kappa shape index (κ3) is 2.65. The van der Waals surface area contributed by atoms with Crippen LogP contribution >= 0.6 is 0 Å². The zero-order valence-corrected chi connectivity index (χ0v) is 16.6. The number of hydrogen-bond donors (Lipinski definition) is 1. The summed E-state index contributed by atoms with van der Waals surface area (Å²) in [7, 11) is 0. The van der Waals surface area contributed by atoms with E-state index in [0.717, 1.165) is 47.6 Å². The number of benzene rings is 3. The fraction of sp³-hybridized carbons (Fsp3) is 0.240. The van der Waals surface area contributed by atoms with Gasteiger partial charge in [0.1, 0.15) is 5.66 Å². The summed E-state index contributed by atoms with van der Waals surface area (Å²) in [6.45, 7) is 0.760. The molecular formula is C25H22N2O3. The number of carbonyl (C=O) groups excluding carboxylic acids is 1. The zero-order chi connectivity index (χ0) is 20.1. The van der Waals surface area contributed by atoms with E-state index in [1.807, 2.05) is 47.4 Å². The highest BCUT2D eigenvalue weighted by atomic mass is 16.7. The predicted molar refractivity (Wildman–Crippen MR) is 114 cm³/mol. The Hall–Kier alpha value is -3.47. The minimum absolute atomic E-state index is 0.0707. The normalized spacial score (nSPS) is 21.2. The summed E-state index contributed by atoms with van der Waals surface area (Å²) >= 11 is 0. The van der Waals surface area contributed by atoms with E-state index < -0.39 is 5.66 Å². The smallest absolute Gasteiger partial charge is 0.258 e. The van der Waals surface area contributed by atoms with Gasteiger partial charge in [-0.1, -0.05) is 42.5 Å². The molecule has 1 atom stereocenters. The first-order valence-corrected chi connectivity index (χ1v) is 10.4. The Morgan fingerprint density at radius 1 is 0.933 bits per heavy atom. The number of ether oxygens (including phenoxy) is 2. The van der Waals surface area contributed by atoms with Crippen LogP contribution < -0.4 is 14.8 Å². The number of aryl methyl sites for hydroxylation is 1. The summed E-state index contributed by atoms with van der Waals surface area (Å²) in [6.07, 6.45) is 2.60. The molecule has 3 aromatic rings. The Bertz CT molecular complexity index is 1160. The maximum atomic E-state index is 13.7. The summed E-state index contributed by atoms with van der Waals surface area (Å²) in [4.78, 5) is 15.7. The van der Waals surface area contributed by atoms with Crippen molar-refractivity contribution in [1.82, 2.24) is 4.90 Å². The topological polar surface area (TPSA) is 50.8 Å². The van der Waals surface area contributed by atoms with Crippen LogP contribution in [0, 0.1) is 0 Å². The molecule has 2 aliphatic heterocycles. The minimum Gasteiger partial charge on any atom is -0.454 e. The first-order chi connectivity index (χ1) is 14.7. The molecule has 150 valence electrons. The molecule has 0 bridgehead atoms. The van der Waals surface area contributed by atoms with Crippen LogP contribution in [0.1, 0.15) is 33.5 Å². The van der Waals surface area contributed by atoms with Crippen molar-refractivity contribution in [2.75, 3.05) is 12.1 Å². The van der Waals surface area contributed by atoms with Gasteiger partial charge in [0.05, 0.1) is 5.56 Å². The van der Waals surface area contributed by atoms with Crippen molar-refractivity contribution in [2.24, 2.45) is 0 Å². The van der Waals surface area contributed by atoms with Crippen molar-refractivity contribution in [3.8, 4) is 11.5 Å². The standard InChI is InChI=1S/C25H22N2O3/c28-24-20-7-3-4-8-21(20)26-25(12-11-18-5-1-2-6-19(18)14-25)27(24)15-17-9-10-22-23(13-17)30-16-29-22/h1-10,13,26H,11-12,14-16H2/t25-/m0/s1. The number of fused-ring (bicyclic) bond motifs is 3. The molecule has 3 aromatic carbocycles. The number of para-hydroxylation sites is 1.